The summed E-state index contributed by atoms with van der Waals surface area (Å²) in [5.41, 5.74) is 1.28. The van der Waals surface area contributed by atoms with Gasteiger partial charge in [-0.25, -0.2) is 4.98 Å². The molecule has 0 radical (unpaired) electrons. The van der Waals surface area contributed by atoms with Crippen LogP contribution in [0.25, 0.3) is 0 Å². The van der Waals surface area contributed by atoms with Gasteiger partial charge in [-0.15, -0.1) is 11.3 Å². The van der Waals surface area contributed by atoms with Crippen molar-refractivity contribution >= 4 is 16.5 Å². The van der Waals surface area contributed by atoms with Crippen molar-refractivity contribution in [2.24, 2.45) is 0 Å². The minimum atomic E-state index is 0.963. The van der Waals surface area contributed by atoms with Crippen LogP contribution in [0.1, 0.15) is 30.8 Å². The van der Waals surface area contributed by atoms with E-state index in [1.807, 2.05) is 11.3 Å². The summed E-state index contributed by atoms with van der Waals surface area (Å²) < 4.78 is 0. The first-order chi connectivity index (χ1) is 9.24. The lowest BCUT2D eigenvalue weighted by atomic mass is 10.3. The van der Waals surface area contributed by atoms with E-state index in [9.17, 15) is 0 Å². The summed E-state index contributed by atoms with van der Waals surface area (Å²) >= 11 is 1.87. The summed E-state index contributed by atoms with van der Waals surface area (Å²) in [5, 5.41) is 4.64. The number of thiazole rings is 1. The average Bonchev–Trinajstić information content (AvgIpc) is 2.71. The lowest BCUT2D eigenvalue weighted by Gasteiger charge is -2.19. The molecule has 19 heavy (non-hydrogen) atoms. The zero-order valence-corrected chi connectivity index (χ0v) is 13.2. The Bertz CT molecular complexity index is 391. The van der Waals surface area contributed by atoms with Crippen molar-refractivity contribution in [1.29, 1.82) is 0 Å². The van der Waals surface area contributed by atoms with E-state index in [-0.39, 0.29) is 0 Å². The van der Waals surface area contributed by atoms with E-state index in [0.717, 1.165) is 39.1 Å². The van der Waals surface area contributed by atoms with Gasteiger partial charge in [0.1, 0.15) is 0 Å². The van der Waals surface area contributed by atoms with Gasteiger partial charge in [-0.2, -0.15) is 0 Å². The van der Waals surface area contributed by atoms with Gasteiger partial charge in [0, 0.05) is 31.1 Å². The molecule has 0 unspecified atom stereocenters. The Morgan fingerprint density at radius 1 is 1.21 bits per heavy atom. The Morgan fingerprint density at radius 2 is 2.05 bits per heavy atom. The molecule has 1 aromatic rings. The Hall–Kier alpha value is -0.650. The fraction of sp³-hybridized carbons (Fsp3) is 0.786. The minimum absolute atomic E-state index is 0.963. The van der Waals surface area contributed by atoms with Crippen molar-refractivity contribution in [2.75, 3.05) is 44.7 Å². The standard InChI is InChI=1S/C14H26N4S/c1-4-12-13(11-15-5-2)19-14(16-12)18-8-6-7-17(3)9-10-18/h15H,4-11H2,1-3H3. The molecule has 0 aliphatic carbocycles. The maximum atomic E-state index is 4.86. The predicted molar refractivity (Wildman–Crippen MR) is 83.2 cm³/mol. The molecular weight excluding hydrogens is 256 g/mol. The maximum absolute atomic E-state index is 4.86. The Balaban J connectivity index is 2.08. The highest BCUT2D eigenvalue weighted by Gasteiger charge is 2.17. The second-order valence-electron chi connectivity index (χ2n) is 5.14. The van der Waals surface area contributed by atoms with E-state index < -0.39 is 0 Å². The summed E-state index contributed by atoms with van der Waals surface area (Å²) in [6, 6.07) is 0. The highest BCUT2D eigenvalue weighted by atomic mass is 32.1. The topological polar surface area (TPSA) is 31.4 Å². The van der Waals surface area contributed by atoms with Crippen molar-refractivity contribution in [2.45, 2.75) is 33.2 Å². The Kier molecular flexibility index (Phi) is 5.60. The van der Waals surface area contributed by atoms with E-state index in [1.54, 1.807) is 0 Å². The van der Waals surface area contributed by atoms with Gasteiger partial charge in [0.25, 0.3) is 0 Å². The number of hydrogen-bond acceptors (Lipinski definition) is 5. The molecule has 5 heteroatoms. The molecule has 108 valence electrons. The summed E-state index contributed by atoms with van der Waals surface area (Å²) in [4.78, 5) is 11.1. The van der Waals surface area contributed by atoms with E-state index in [4.69, 9.17) is 4.98 Å². The van der Waals surface area contributed by atoms with Crippen molar-refractivity contribution < 1.29 is 0 Å². The molecule has 2 heterocycles. The molecule has 2 rings (SSSR count). The molecule has 0 saturated carbocycles. The van der Waals surface area contributed by atoms with Crippen molar-refractivity contribution in [3.05, 3.63) is 10.6 Å². The number of nitrogens with one attached hydrogen (secondary N) is 1. The maximum Gasteiger partial charge on any atom is 0.185 e. The molecule has 1 fully saturated rings. The fourth-order valence-electron chi connectivity index (χ4n) is 2.40. The number of aryl methyl sites for hydroxylation is 1. The first-order valence-electron chi connectivity index (χ1n) is 7.37. The van der Waals surface area contributed by atoms with Crippen LogP contribution in [-0.2, 0) is 13.0 Å². The first-order valence-corrected chi connectivity index (χ1v) is 8.19. The quantitative estimate of drug-likeness (QED) is 0.894. The highest BCUT2D eigenvalue weighted by molar-refractivity contribution is 7.15. The fourth-order valence-corrected chi connectivity index (χ4v) is 3.57. The van der Waals surface area contributed by atoms with Crippen LogP contribution in [0.5, 0.6) is 0 Å². The summed E-state index contributed by atoms with van der Waals surface area (Å²) in [7, 11) is 2.21. The van der Waals surface area contributed by atoms with Crippen LogP contribution in [0, 0.1) is 0 Å². The van der Waals surface area contributed by atoms with Crippen molar-refractivity contribution in [1.82, 2.24) is 15.2 Å². The predicted octanol–water partition coefficient (Wildman–Crippen LogP) is 1.96. The molecule has 0 bridgehead atoms. The highest BCUT2D eigenvalue weighted by Crippen LogP contribution is 2.27. The van der Waals surface area contributed by atoms with E-state index >= 15 is 0 Å². The summed E-state index contributed by atoms with van der Waals surface area (Å²) in [6.45, 7) is 10.9. The molecule has 0 spiro atoms. The van der Waals surface area contributed by atoms with E-state index in [2.05, 4.69) is 36.0 Å². The number of hydrogen-bond donors (Lipinski definition) is 1. The minimum Gasteiger partial charge on any atom is -0.347 e. The third-order valence-electron chi connectivity index (χ3n) is 3.63. The smallest absolute Gasteiger partial charge is 0.185 e. The molecule has 0 atom stereocenters. The van der Waals surface area contributed by atoms with Gasteiger partial charge in [-0.1, -0.05) is 13.8 Å². The largest absolute Gasteiger partial charge is 0.347 e. The summed E-state index contributed by atoms with van der Waals surface area (Å²) in [5.74, 6) is 0. The molecule has 1 saturated heterocycles. The number of rotatable bonds is 5. The van der Waals surface area contributed by atoms with Gasteiger partial charge >= 0.3 is 0 Å². The molecule has 1 aliphatic rings. The van der Waals surface area contributed by atoms with Gasteiger partial charge in [0.15, 0.2) is 5.13 Å². The zero-order valence-electron chi connectivity index (χ0n) is 12.4. The second kappa shape index (κ2) is 7.22. The molecule has 0 amide bonds. The second-order valence-corrected chi connectivity index (χ2v) is 6.21. The summed E-state index contributed by atoms with van der Waals surface area (Å²) in [6.07, 6.45) is 2.27. The average molecular weight is 282 g/mol. The lowest BCUT2D eigenvalue weighted by Crippen LogP contribution is -2.28. The van der Waals surface area contributed by atoms with Gasteiger partial charge in [-0.3, -0.25) is 0 Å². The van der Waals surface area contributed by atoms with Crippen LogP contribution in [0.3, 0.4) is 0 Å². The number of likely N-dealkylation sites (N-methyl/N-ethyl adjacent to an activating group) is 1. The molecule has 0 aromatic carbocycles. The van der Waals surface area contributed by atoms with Gasteiger partial charge in [0.2, 0.25) is 0 Å². The van der Waals surface area contributed by atoms with Gasteiger partial charge in [-0.05, 0) is 33.0 Å². The first kappa shape index (κ1) is 14.8. The van der Waals surface area contributed by atoms with Crippen LogP contribution in [-0.4, -0.2) is 49.7 Å². The Labute approximate surface area is 120 Å². The lowest BCUT2D eigenvalue weighted by molar-refractivity contribution is 0.360. The zero-order chi connectivity index (χ0) is 13.7. The monoisotopic (exact) mass is 282 g/mol. The van der Waals surface area contributed by atoms with Gasteiger partial charge < -0.3 is 15.1 Å². The third-order valence-corrected chi connectivity index (χ3v) is 4.79. The van der Waals surface area contributed by atoms with Crippen LogP contribution in [0.4, 0.5) is 5.13 Å². The number of nitrogens with zero attached hydrogens (tertiary/aromatic N) is 3. The SMILES string of the molecule is CCNCc1sc(N2CCCN(C)CC2)nc1CC. The van der Waals surface area contributed by atoms with Gasteiger partial charge in [0.05, 0.1) is 5.69 Å². The van der Waals surface area contributed by atoms with Crippen LogP contribution >= 0.6 is 11.3 Å². The molecule has 1 aromatic heterocycles. The molecule has 1 aliphatic heterocycles. The molecular formula is C14H26N4S. The van der Waals surface area contributed by atoms with Crippen LogP contribution in [0.2, 0.25) is 0 Å². The number of aromatic nitrogens is 1. The third kappa shape index (κ3) is 3.91. The van der Waals surface area contributed by atoms with Crippen LogP contribution < -0.4 is 10.2 Å². The van der Waals surface area contributed by atoms with Crippen molar-refractivity contribution in [3.63, 3.8) is 0 Å². The van der Waals surface area contributed by atoms with Crippen LogP contribution in [0.15, 0.2) is 0 Å². The van der Waals surface area contributed by atoms with Crippen molar-refractivity contribution in [3.8, 4) is 0 Å². The normalized spacial score (nSPS) is 17.7. The van der Waals surface area contributed by atoms with E-state index in [0.29, 0.717) is 0 Å². The molecule has 1 N–H and O–H groups in total. The Morgan fingerprint density at radius 3 is 2.79 bits per heavy atom. The molecule has 4 nitrogen and oxygen atoms in total. The number of anilines is 1. The van der Waals surface area contributed by atoms with E-state index in [1.165, 1.54) is 28.7 Å².